The molecule has 278 valence electrons. The third-order valence-electron chi connectivity index (χ3n) is 10.1. The Bertz CT molecular complexity index is 1910. The maximum Gasteiger partial charge on any atom is 0.324 e. The first-order valence-electron chi connectivity index (χ1n) is 18.1. The largest absolute Gasteiger partial charge is 0.464 e. The number of nitrogens with zero attached hydrogens (tertiary/aromatic N) is 4. The second-order valence-electron chi connectivity index (χ2n) is 14.4. The second kappa shape index (κ2) is 15.8. The van der Waals surface area contributed by atoms with Crippen LogP contribution in [0.1, 0.15) is 70.1 Å². The lowest BCUT2D eigenvalue weighted by Gasteiger charge is -2.36. The number of hydrazine groups is 1. The molecule has 0 spiro atoms. The normalized spacial score (nSPS) is 23.4. The number of aliphatic imine (C=N–C) groups is 1. The lowest BCUT2D eigenvalue weighted by molar-refractivity contribution is -0.156. The lowest BCUT2D eigenvalue weighted by atomic mass is 9.84. The highest BCUT2D eigenvalue weighted by Gasteiger charge is 2.37. The summed E-state index contributed by atoms with van der Waals surface area (Å²) in [5.74, 6) is -1.07. The van der Waals surface area contributed by atoms with Crippen molar-refractivity contribution in [3.05, 3.63) is 58.2 Å². The van der Waals surface area contributed by atoms with Crippen LogP contribution in [0, 0.1) is 5.41 Å². The molecular formula is C39H50N6O6S. The van der Waals surface area contributed by atoms with Crippen molar-refractivity contribution in [3.8, 4) is 11.3 Å². The van der Waals surface area contributed by atoms with Gasteiger partial charge < -0.3 is 24.1 Å². The molecule has 3 aliphatic rings. The van der Waals surface area contributed by atoms with Crippen LogP contribution in [0.3, 0.4) is 0 Å². The molecular weight excluding hydrogens is 681 g/mol. The van der Waals surface area contributed by atoms with Crippen molar-refractivity contribution >= 4 is 51.8 Å². The molecule has 5 heterocycles. The maximum absolute atomic E-state index is 14.0. The number of fused-ring (bicyclic) bond motifs is 6. The summed E-state index contributed by atoms with van der Waals surface area (Å²) in [4.78, 5) is 50.4. The van der Waals surface area contributed by atoms with Crippen molar-refractivity contribution in [3.63, 3.8) is 0 Å². The molecule has 12 nitrogen and oxygen atoms in total. The maximum atomic E-state index is 14.0. The van der Waals surface area contributed by atoms with Gasteiger partial charge >= 0.3 is 5.97 Å². The summed E-state index contributed by atoms with van der Waals surface area (Å²) >= 11 is 1.45. The first kappa shape index (κ1) is 37.6. The molecule has 0 aliphatic carbocycles. The summed E-state index contributed by atoms with van der Waals surface area (Å²) in [5.41, 5.74) is 9.14. The van der Waals surface area contributed by atoms with Crippen molar-refractivity contribution in [1.82, 2.24) is 25.3 Å². The zero-order valence-electron chi connectivity index (χ0n) is 31.0. The molecule has 13 heteroatoms. The van der Waals surface area contributed by atoms with E-state index in [4.69, 9.17) is 24.2 Å². The van der Waals surface area contributed by atoms with E-state index in [2.05, 4.69) is 60.9 Å². The monoisotopic (exact) mass is 730 g/mol. The van der Waals surface area contributed by atoms with Gasteiger partial charge in [0.05, 0.1) is 41.4 Å². The molecule has 2 amide bonds. The molecule has 2 N–H and O–H groups in total. The topological polar surface area (TPSA) is 136 Å². The van der Waals surface area contributed by atoms with Gasteiger partial charge in [0.2, 0.25) is 5.91 Å². The van der Waals surface area contributed by atoms with Gasteiger partial charge in [0, 0.05) is 72.1 Å². The van der Waals surface area contributed by atoms with E-state index in [1.807, 2.05) is 25.3 Å². The van der Waals surface area contributed by atoms with Crippen molar-refractivity contribution in [2.24, 2.45) is 10.4 Å². The van der Waals surface area contributed by atoms with E-state index >= 15 is 0 Å². The quantitative estimate of drug-likeness (QED) is 0.183. The summed E-state index contributed by atoms with van der Waals surface area (Å²) < 4.78 is 19.5. The van der Waals surface area contributed by atoms with E-state index in [9.17, 15) is 14.4 Å². The van der Waals surface area contributed by atoms with Gasteiger partial charge in [-0.25, -0.2) is 10.4 Å². The summed E-state index contributed by atoms with van der Waals surface area (Å²) in [6, 6.07) is 4.77. The molecule has 6 bridgehead atoms. The Kier molecular flexibility index (Phi) is 11.4. The number of methoxy groups -OCH3 is 1. The zero-order chi connectivity index (χ0) is 37.2. The molecule has 3 aromatic rings. The predicted molar refractivity (Wildman–Crippen MR) is 203 cm³/mol. The Labute approximate surface area is 309 Å². The molecule has 1 unspecified atom stereocenters. The molecule has 3 aliphatic heterocycles. The number of carbonyl (C=O) groups is 3. The van der Waals surface area contributed by atoms with Crippen LogP contribution >= 0.6 is 11.3 Å². The van der Waals surface area contributed by atoms with Crippen molar-refractivity contribution < 1.29 is 28.6 Å². The number of nitrogens with one attached hydrogen (secondary N) is 2. The number of cyclic esters (lactones) is 1. The van der Waals surface area contributed by atoms with Gasteiger partial charge in [-0.1, -0.05) is 32.6 Å². The number of allylic oxidation sites excluding steroid dienone is 2. The number of hydrogen-bond donors (Lipinski definition) is 2. The Morgan fingerprint density at radius 2 is 2.10 bits per heavy atom. The predicted octanol–water partition coefficient (Wildman–Crippen LogP) is 5.24. The molecule has 1 aromatic carbocycles. The Morgan fingerprint density at radius 3 is 2.77 bits per heavy atom. The molecule has 2 saturated heterocycles. The Hall–Kier alpha value is -4.17. The number of aromatic nitrogens is 2. The summed E-state index contributed by atoms with van der Waals surface area (Å²) in [6.07, 6.45) is 5.28. The number of hydrogen-bond acceptors (Lipinski definition) is 10. The highest BCUT2D eigenvalue weighted by atomic mass is 32.1. The van der Waals surface area contributed by atoms with Crippen LogP contribution < -0.4 is 10.7 Å². The van der Waals surface area contributed by atoms with E-state index in [-0.39, 0.29) is 30.9 Å². The SMILES string of the molecule is C=C/C(=C(\N=C/C)[C@H](C)OC)c1c2c3cc(ccc3n1CC)-c1csc(n1)C[C@H](NC(=O)C1CCO1)C(=O)N1CCC[C@H](N1)C(=O)OCC(C)(C)C2. The fraction of sp³-hybridized carbons (Fsp3) is 0.513. The van der Waals surface area contributed by atoms with E-state index in [1.54, 1.807) is 13.3 Å². The summed E-state index contributed by atoms with van der Waals surface area (Å²) in [5, 5.41) is 8.12. The van der Waals surface area contributed by atoms with E-state index < -0.39 is 29.6 Å². The highest BCUT2D eigenvalue weighted by molar-refractivity contribution is 7.10. The van der Waals surface area contributed by atoms with Gasteiger partial charge in [-0.3, -0.25) is 24.4 Å². The first-order valence-corrected chi connectivity index (χ1v) is 19.0. The highest BCUT2D eigenvalue weighted by Crippen LogP contribution is 2.40. The van der Waals surface area contributed by atoms with Crippen molar-refractivity contribution in [1.29, 1.82) is 0 Å². The average Bonchev–Trinajstić information content (AvgIpc) is 3.70. The van der Waals surface area contributed by atoms with E-state index in [1.165, 1.54) is 16.3 Å². The molecule has 0 saturated carbocycles. The Morgan fingerprint density at radius 1 is 1.31 bits per heavy atom. The molecule has 52 heavy (non-hydrogen) atoms. The molecule has 2 fully saturated rings. The van der Waals surface area contributed by atoms with Gasteiger partial charge in [-0.15, -0.1) is 11.3 Å². The number of esters is 1. The number of ether oxygens (including phenoxy) is 3. The summed E-state index contributed by atoms with van der Waals surface area (Å²) in [7, 11) is 1.67. The number of aryl methyl sites for hydroxylation is 1. The number of carbonyl (C=O) groups excluding carboxylic acids is 3. The number of rotatable bonds is 8. The molecule has 6 rings (SSSR count). The molecule has 2 aromatic heterocycles. The fourth-order valence-corrected chi connectivity index (χ4v) is 8.03. The van der Waals surface area contributed by atoms with Crippen LogP contribution in [0.5, 0.6) is 0 Å². The third-order valence-corrected chi connectivity index (χ3v) is 10.9. The van der Waals surface area contributed by atoms with E-state index in [0.29, 0.717) is 50.4 Å². The molecule has 4 atom stereocenters. The minimum absolute atomic E-state index is 0.160. The second-order valence-corrected chi connectivity index (χ2v) is 15.3. The minimum atomic E-state index is -0.899. The smallest absolute Gasteiger partial charge is 0.324 e. The van der Waals surface area contributed by atoms with Gasteiger partial charge in [0.15, 0.2) is 0 Å². The third kappa shape index (κ3) is 7.64. The van der Waals surface area contributed by atoms with Crippen LogP contribution in [0.4, 0.5) is 0 Å². The van der Waals surface area contributed by atoms with Crippen LogP contribution in [0.15, 0.2) is 46.9 Å². The van der Waals surface area contributed by atoms with Gasteiger partial charge in [-0.05, 0) is 57.7 Å². The van der Waals surface area contributed by atoms with Crippen LogP contribution in [0.25, 0.3) is 27.7 Å². The first-order chi connectivity index (χ1) is 25.0. The van der Waals surface area contributed by atoms with Crippen molar-refractivity contribution in [2.75, 3.05) is 26.9 Å². The lowest BCUT2D eigenvalue weighted by Crippen LogP contribution is -2.61. The average molecular weight is 731 g/mol. The zero-order valence-corrected chi connectivity index (χ0v) is 31.8. The van der Waals surface area contributed by atoms with Gasteiger partial charge in [0.25, 0.3) is 5.91 Å². The molecule has 0 radical (unpaired) electrons. The fourth-order valence-electron chi connectivity index (χ4n) is 7.18. The van der Waals surface area contributed by atoms with Crippen LogP contribution in [0.2, 0.25) is 0 Å². The van der Waals surface area contributed by atoms with E-state index in [0.717, 1.165) is 44.7 Å². The Balaban J connectivity index is 1.51. The minimum Gasteiger partial charge on any atom is -0.464 e. The van der Waals surface area contributed by atoms with Gasteiger partial charge in [-0.2, -0.15) is 0 Å². The number of thiazole rings is 1. The standard InChI is InChI=1S/C39H50N6O6S/c1-8-25(34(40-9-2)23(4)49-7)35-27-20-39(5,6)22-51-38(48)28-12-11-16-45(43-28)37(47)29(42-36(46)32-15-17-50-32)19-33-41-30(21-52-33)24-13-14-31(26(27)18-24)44(35)10-3/h8-9,13-14,18,21,23,28-29,32,43H,1,10-12,15-17,19-20,22H2,2-7H3,(H,42,46)/b34-25+,40-9-/t23-,28-,29-,32?/m0/s1. The number of amides is 2. The van der Waals surface area contributed by atoms with Crippen LogP contribution in [-0.4, -0.2) is 89.7 Å². The summed E-state index contributed by atoms with van der Waals surface area (Å²) in [6.45, 7) is 16.2. The van der Waals surface area contributed by atoms with Gasteiger partial charge in [0.1, 0.15) is 18.2 Å². The van der Waals surface area contributed by atoms with Crippen LogP contribution in [-0.2, 0) is 48.0 Å². The number of benzene rings is 1. The van der Waals surface area contributed by atoms with Crippen molar-refractivity contribution in [2.45, 2.75) is 97.6 Å².